The first-order valence-electron chi connectivity index (χ1n) is 8.17. The number of aliphatic imine (C=N–C) groups is 1. The number of sulfone groups is 1. The number of halogens is 1. The van der Waals surface area contributed by atoms with Crippen LogP contribution in [0.2, 0.25) is 0 Å². The van der Waals surface area contributed by atoms with Crippen molar-refractivity contribution >= 4 is 27.0 Å². The maximum atomic E-state index is 14.2. The highest BCUT2D eigenvalue weighted by atomic mass is 32.2. The summed E-state index contributed by atoms with van der Waals surface area (Å²) in [5.41, 5.74) is 5.67. The second kappa shape index (κ2) is 7.55. The summed E-state index contributed by atoms with van der Waals surface area (Å²) < 4.78 is 40.2. The number of nitrogens with two attached hydrogens (primary N) is 1. The van der Waals surface area contributed by atoms with Gasteiger partial charge in [-0.2, -0.15) is 0 Å². The second-order valence-corrected chi connectivity index (χ2v) is 8.99. The summed E-state index contributed by atoms with van der Waals surface area (Å²) in [5.74, 6) is 1.84. The maximum Gasteiger partial charge on any atom is 0.188 e. The predicted molar refractivity (Wildman–Crippen MR) is 105 cm³/mol. The summed E-state index contributed by atoms with van der Waals surface area (Å²) in [5, 5.41) is 8.40. The lowest BCUT2D eigenvalue weighted by molar-refractivity contribution is 0.223. The van der Waals surface area contributed by atoms with Crippen molar-refractivity contribution in [2.24, 2.45) is 10.7 Å². The number of rotatable bonds is 6. The Hall–Kier alpha value is -2.63. The zero-order chi connectivity index (χ0) is 20.4. The van der Waals surface area contributed by atoms with Crippen molar-refractivity contribution in [1.29, 1.82) is 0 Å². The Labute approximate surface area is 157 Å². The second-order valence-electron chi connectivity index (χ2n) is 6.72. The third kappa shape index (κ3) is 3.89. The lowest BCUT2D eigenvalue weighted by atomic mass is 10.1. The van der Waals surface area contributed by atoms with Gasteiger partial charge in [0.25, 0.3) is 0 Å². The standard InChI is InChI=1S/C19H22FN3O3S/c1-5-13-9-22-18-15(6-7-16(20)17(13)18)12(2)27(25,26)14(8-21)10-23-19(3,4)11-24/h1,6-10,12,22,24H,11,21H2,2-4H3/b14-8+,23-10?. The summed E-state index contributed by atoms with van der Waals surface area (Å²) in [6.07, 6.45) is 8.92. The van der Waals surface area contributed by atoms with Crippen LogP contribution in [0, 0.1) is 18.2 Å². The molecule has 1 heterocycles. The highest BCUT2D eigenvalue weighted by molar-refractivity contribution is 7.96. The minimum atomic E-state index is -3.93. The van der Waals surface area contributed by atoms with E-state index >= 15 is 0 Å². The van der Waals surface area contributed by atoms with Gasteiger partial charge in [-0.15, -0.1) is 6.42 Å². The first-order chi connectivity index (χ1) is 12.6. The van der Waals surface area contributed by atoms with Gasteiger partial charge in [-0.25, -0.2) is 12.8 Å². The van der Waals surface area contributed by atoms with Crippen LogP contribution in [0.25, 0.3) is 10.9 Å². The SMILES string of the molecule is C#Cc1c[nH]c2c(C(C)S(=O)(=O)/C(C=NC(C)(C)CO)=C/N)ccc(F)c12. The Morgan fingerprint density at radius 2 is 2.19 bits per heavy atom. The van der Waals surface area contributed by atoms with Gasteiger partial charge in [0.1, 0.15) is 10.7 Å². The summed E-state index contributed by atoms with van der Waals surface area (Å²) in [4.78, 5) is 6.75. The number of terminal acetylenes is 1. The molecule has 6 nitrogen and oxygen atoms in total. The van der Waals surface area contributed by atoms with Crippen LogP contribution in [-0.4, -0.2) is 36.9 Å². The molecule has 0 spiro atoms. The molecule has 8 heteroatoms. The quantitative estimate of drug-likeness (QED) is 0.519. The smallest absolute Gasteiger partial charge is 0.188 e. The van der Waals surface area contributed by atoms with E-state index in [-0.39, 0.29) is 16.9 Å². The Morgan fingerprint density at radius 3 is 2.74 bits per heavy atom. The van der Waals surface area contributed by atoms with E-state index in [9.17, 15) is 17.9 Å². The molecular weight excluding hydrogens is 369 g/mol. The average Bonchev–Trinajstić information content (AvgIpc) is 3.06. The van der Waals surface area contributed by atoms with Gasteiger partial charge in [-0.05, 0) is 32.4 Å². The van der Waals surface area contributed by atoms with Crippen LogP contribution in [-0.2, 0) is 9.84 Å². The molecule has 0 aliphatic heterocycles. The minimum Gasteiger partial charge on any atom is -0.404 e. The number of fused-ring (bicyclic) bond motifs is 1. The lowest BCUT2D eigenvalue weighted by Crippen LogP contribution is -2.23. The Balaban J connectivity index is 2.55. The van der Waals surface area contributed by atoms with Crippen LogP contribution in [0.4, 0.5) is 4.39 Å². The molecule has 0 fully saturated rings. The fourth-order valence-electron chi connectivity index (χ4n) is 2.54. The molecule has 0 aliphatic rings. The zero-order valence-electron chi connectivity index (χ0n) is 15.3. The molecule has 1 unspecified atom stereocenters. The number of nitrogens with zero attached hydrogens (tertiary/aromatic N) is 1. The van der Waals surface area contributed by atoms with Crippen LogP contribution in [0.5, 0.6) is 0 Å². The van der Waals surface area contributed by atoms with E-state index in [1.807, 2.05) is 0 Å². The molecule has 4 N–H and O–H groups in total. The van der Waals surface area contributed by atoms with Crippen LogP contribution >= 0.6 is 0 Å². The molecule has 0 bridgehead atoms. The molecule has 1 aromatic carbocycles. The third-order valence-corrected chi connectivity index (χ3v) is 6.38. The van der Waals surface area contributed by atoms with E-state index < -0.39 is 26.4 Å². The molecule has 27 heavy (non-hydrogen) atoms. The van der Waals surface area contributed by atoms with Crippen LogP contribution in [0.1, 0.15) is 37.1 Å². The number of hydrogen-bond acceptors (Lipinski definition) is 5. The van der Waals surface area contributed by atoms with Crippen LogP contribution in [0.15, 0.2) is 34.4 Å². The van der Waals surface area contributed by atoms with Crippen molar-refractivity contribution in [3.63, 3.8) is 0 Å². The van der Waals surface area contributed by atoms with Gasteiger partial charge in [-0.1, -0.05) is 12.0 Å². The molecule has 2 rings (SSSR count). The number of allylic oxidation sites excluding steroid dienone is 1. The van der Waals surface area contributed by atoms with E-state index in [1.54, 1.807) is 13.8 Å². The van der Waals surface area contributed by atoms with Crippen molar-refractivity contribution in [2.45, 2.75) is 31.6 Å². The number of aromatic amines is 1. The van der Waals surface area contributed by atoms with Crippen molar-refractivity contribution in [1.82, 2.24) is 4.98 Å². The number of aliphatic hydroxyl groups is 1. The molecule has 0 saturated carbocycles. The first-order valence-corrected chi connectivity index (χ1v) is 9.71. The zero-order valence-corrected chi connectivity index (χ0v) is 16.1. The Bertz CT molecular complexity index is 1060. The number of aromatic nitrogens is 1. The normalized spacial score (nSPS) is 14.6. The lowest BCUT2D eigenvalue weighted by Gasteiger charge is -2.18. The first kappa shape index (κ1) is 20.7. The highest BCUT2D eigenvalue weighted by Crippen LogP contribution is 2.34. The van der Waals surface area contributed by atoms with Gasteiger partial charge in [0.15, 0.2) is 9.84 Å². The number of benzene rings is 1. The van der Waals surface area contributed by atoms with Crippen LogP contribution in [0.3, 0.4) is 0 Å². The Kier molecular flexibility index (Phi) is 5.78. The van der Waals surface area contributed by atoms with Gasteiger partial charge in [0.2, 0.25) is 0 Å². The van der Waals surface area contributed by atoms with Gasteiger partial charge < -0.3 is 15.8 Å². The molecule has 0 saturated heterocycles. The monoisotopic (exact) mass is 391 g/mol. The summed E-state index contributed by atoms with van der Waals surface area (Å²) in [7, 11) is -3.93. The largest absolute Gasteiger partial charge is 0.404 e. The summed E-state index contributed by atoms with van der Waals surface area (Å²) in [6.45, 7) is 4.52. The average molecular weight is 391 g/mol. The maximum absolute atomic E-state index is 14.2. The Morgan fingerprint density at radius 1 is 1.52 bits per heavy atom. The van der Waals surface area contributed by atoms with E-state index in [2.05, 4.69) is 15.9 Å². The molecule has 1 atom stereocenters. The molecule has 1 aromatic heterocycles. The summed E-state index contributed by atoms with van der Waals surface area (Å²) >= 11 is 0. The number of H-pyrrole nitrogens is 1. The van der Waals surface area contributed by atoms with Crippen molar-refractivity contribution in [2.75, 3.05) is 6.61 Å². The molecule has 0 amide bonds. The van der Waals surface area contributed by atoms with Gasteiger partial charge in [0, 0.05) is 18.6 Å². The fourth-order valence-corrected chi connectivity index (χ4v) is 3.87. The summed E-state index contributed by atoms with van der Waals surface area (Å²) in [6, 6.07) is 2.59. The predicted octanol–water partition coefficient (Wildman–Crippen LogP) is 2.41. The van der Waals surface area contributed by atoms with E-state index in [1.165, 1.54) is 25.3 Å². The van der Waals surface area contributed by atoms with Crippen LogP contribution < -0.4 is 5.73 Å². The molecule has 0 radical (unpaired) electrons. The number of nitrogens with one attached hydrogen (secondary N) is 1. The van der Waals surface area contributed by atoms with Crippen molar-refractivity contribution in [3.8, 4) is 12.3 Å². The molecular formula is C19H22FN3O3S. The van der Waals surface area contributed by atoms with E-state index in [0.29, 0.717) is 16.6 Å². The van der Waals surface area contributed by atoms with E-state index in [0.717, 1.165) is 12.4 Å². The van der Waals surface area contributed by atoms with Crippen molar-refractivity contribution < 1.29 is 17.9 Å². The molecule has 2 aromatic rings. The minimum absolute atomic E-state index is 0.172. The third-order valence-electron chi connectivity index (χ3n) is 4.30. The fraction of sp³-hybridized carbons (Fsp3) is 0.316. The molecule has 0 aliphatic carbocycles. The highest BCUT2D eigenvalue weighted by Gasteiger charge is 2.29. The van der Waals surface area contributed by atoms with Crippen molar-refractivity contribution in [3.05, 3.63) is 46.4 Å². The number of aliphatic hydroxyl groups excluding tert-OH is 1. The van der Waals surface area contributed by atoms with Gasteiger partial charge >= 0.3 is 0 Å². The topological polar surface area (TPSA) is 109 Å². The number of hydrogen-bond donors (Lipinski definition) is 3. The molecule has 144 valence electrons. The van der Waals surface area contributed by atoms with Gasteiger partial charge in [-0.3, -0.25) is 4.99 Å². The van der Waals surface area contributed by atoms with Gasteiger partial charge in [0.05, 0.1) is 33.9 Å². The van der Waals surface area contributed by atoms with E-state index in [4.69, 9.17) is 12.2 Å².